The van der Waals surface area contributed by atoms with E-state index in [4.69, 9.17) is 4.74 Å². The normalized spacial score (nSPS) is 11.0. The number of sulfonamides is 1. The van der Waals surface area contributed by atoms with Gasteiger partial charge in [0.05, 0.1) is 11.5 Å². The number of benzene rings is 2. The molecular weight excluding hydrogens is 328 g/mol. The molecule has 0 radical (unpaired) electrons. The third-order valence-corrected chi connectivity index (χ3v) is 4.57. The number of amides is 1. The molecule has 0 aliphatic carbocycles. The smallest absolute Gasteiger partial charge is 0.240 e. The van der Waals surface area contributed by atoms with E-state index in [1.54, 1.807) is 54.6 Å². The minimum absolute atomic E-state index is 0.150. The molecule has 0 aromatic heterocycles. The number of anilines is 1. The third-order valence-electron chi connectivity index (χ3n) is 3.09. The largest absolute Gasteiger partial charge is 0.493 e. The van der Waals surface area contributed by atoms with Gasteiger partial charge in [-0.2, -0.15) is 0 Å². The van der Waals surface area contributed by atoms with Gasteiger partial charge < -0.3 is 10.1 Å². The van der Waals surface area contributed by atoms with E-state index in [9.17, 15) is 13.2 Å². The average molecular weight is 348 g/mol. The summed E-state index contributed by atoms with van der Waals surface area (Å²) in [6, 6.07) is 15.3. The zero-order chi connectivity index (χ0) is 17.4. The molecule has 2 rings (SSSR count). The monoisotopic (exact) mass is 348 g/mol. The van der Waals surface area contributed by atoms with Crippen LogP contribution >= 0.6 is 0 Å². The molecule has 0 aliphatic heterocycles. The van der Waals surface area contributed by atoms with Crippen molar-refractivity contribution >= 4 is 21.6 Å². The summed E-state index contributed by atoms with van der Waals surface area (Å²) in [6.07, 6.45) is 0.524. The highest BCUT2D eigenvalue weighted by Gasteiger charge is 2.11. The first kappa shape index (κ1) is 18.0. The minimum Gasteiger partial charge on any atom is -0.493 e. The van der Waals surface area contributed by atoms with Crippen molar-refractivity contribution in [3.05, 3.63) is 54.6 Å². The maximum absolute atomic E-state index is 12.0. The predicted octanol–water partition coefficient (Wildman–Crippen LogP) is 2.39. The first-order valence-corrected chi connectivity index (χ1v) is 9.01. The van der Waals surface area contributed by atoms with Gasteiger partial charge in [0.25, 0.3) is 0 Å². The topological polar surface area (TPSA) is 84.5 Å². The fraction of sp³-hybridized carbons (Fsp3) is 0.235. The fourth-order valence-corrected chi connectivity index (χ4v) is 3.11. The van der Waals surface area contributed by atoms with Gasteiger partial charge in [0.2, 0.25) is 15.9 Å². The molecule has 0 saturated heterocycles. The lowest BCUT2D eigenvalue weighted by Crippen LogP contribution is -2.25. The Hall–Kier alpha value is -2.38. The highest BCUT2D eigenvalue weighted by Crippen LogP contribution is 2.17. The molecule has 1 amide bonds. The number of hydrogen-bond acceptors (Lipinski definition) is 4. The maximum atomic E-state index is 12.0. The molecular formula is C17H20N2O4S. The van der Waals surface area contributed by atoms with Crippen LogP contribution in [0.25, 0.3) is 0 Å². The predicted molar refractivity (Wildman–Crippen MR) is 92.5 cm³/mol. The van der Waals surface area contributed by atoms with Crippen molar-refractivity contribution in [1.82, 2.24) is 4.72 Å². The van der Waals surface area contributed by atoms with Crippen molar-refractivity contribution in [2.24, 2.45) is 0 Å². The minimum atomic E-state index is -3.48. The van der Waals surface area contributed by atoms with E-state index in [0.29, 0.717) is 24.5 Å². The number of ether oxygens (including phenoxy) is 1. The van der Waals surface area contributed by atoms with Gasteiger partial charge >= 0.3 is 0 Å². The Balaban J connectivity index is 1.76. The van der Waals surface area contributed by atoms with Crippen LogP contribution in [-0.2, 0) is 14.8 Å². The summed E-state index contributed by atoms with van der Waals surface area (Å²) in [5.74, 6) is 0.467. The van der Waals surface area contributed by atoms with Gasteiger partial charge in [0, 0.05) is 25.2 Å². The van der Waals surface area contributed by atoms with E-state index in [-0.39, 0.29) is 17.3 Å². The van der Waals surface area contributed by atoms with Crippen LogP contribution in [0.3, 0.4) is 0 Å². The summed E-state index contributed by atoms with van der Waals surface area (Å²) in [5.41, 5.74) is 0.657. The summed E-state index contributed by atoms with van der Waals surface area (Å²) in [4.78, 5) is 11.3. The fourth-order valence-electron chi connectivity index (χ4n) is 2.02. The van der Waals surface area contributed by atoms with Crippen LogP contribution in [0.4, 0.5) is 5.69 Å². The molecule has 2 aromatic carbocycles. The van der Waals surface area contributed by atoms with Gasteiger partial charge in [-0.1, -0.05) is 24.3 Å². The van der Waals surface area contributed by atoms with Crippen LogP contribution in [0.15, 0.2) is 59.5 Å². The van der Waals surface area contributed by atoms with E-state index in [1.165, 1.54) is 6.92 Å². The van der Waals surface area contributed by atoms with E-state index >= 15 is 0 Å². The molecule has 2 aromatic rings. The average Bonchev–Trinajstić information content (AvgIpc) is 2.55. The first-order chi connectivity index (χ1) is 11.5. The van der Waals surface area contributed by atoms with Gasteiger partial charge in [-0.3, -0.25) is 4.79 Å². The van der Waals surface area contributed by atoms with Crippen LogP contribution in [0.2, 0.25) is 0 Å². The zero-order valence-corrected chi connectivity index (χ0v) is 14.2. The lowest BCUT2D eigenvalue weighted by molar-refractivity contribution is -0.114. The highest BCUT2D eigenvalue weighted by molar-refractivity contribution is 7.89. The van der Waals surface area contributed by atoms with Crippen molar-refractivity contribution in [2.45, 2.75) is 18.2 Å². The molecule has 0 atom stereocenters. The lowest BCUT2D eigenvalue weighted by atomic mass is 10.3. The van der Waals surface area contributed by atoms with Crippen LogP contribution in [0.1, 0.15) is 13.3 Å². The zero-order valence-electron chi connectivity index (χ0n) is 13.4. The summed E-state index contributed by atoms with van der Waals surface area (Å²) >= 11 is 0. The summed E-state index contributed by atoms with van der Waals surface area (Å²) in [6.45, 7) is 2.08. The van der Waals surface area contributed by atoms with Gasteiger partial charge in [-0.25, -0.2) is 13.1 Å². The van der Waals surface area contributed by atoms with Crippen molar-refractivity contribution in [2.75, 3.05) is 18.5 Å². The molecule has 0 aliphatic rings. The number of nitrogens with one attached hydrogen (secondary N) is 2. The maximum Gasteiger partial charge on any atom is 0.240 e. The Bertz CT molecular complexity index is 776. The Morgan fingerprint density at radius 3 is 2.54 bits per heavy atom. The van der Waals surface area contributed by atoms with Gasteiger partial charge in [-0.05, 0) is 30.7 Å². The Morgan fingerprint density at radius 1 is 1.08 bits per heavy atom. The SMILES string of the molecule is CC(=O)Nc1cccc(OCCCNS(=O)(=O)c2ccccc2)c1. The van der Waals surface area contributed by atoms with E-state index in [2.05, 4.69) is 10.0 Å². The molecule has 128 valence electrons. The van der Waals surface area contributed by atoms with E-state index in [0.717, 1.165) is 0 Å². The van der Waals surface area contributed by atoms with Gasteiger partial charge in [-0.15, -0.1) is 0 Å². The number of carbonyl (C=O) groups excluding carboxylic acids is 1. The summed E-state index contributed by atoms with van der Waals surface area (Å²) in [5, 5.41) is 2.67. The standard InChI is InChI=1S/C17H20N2O4S/c1-14(20)19-15-7-5-8-16(13-15)23-12-6-11-18-24(21,22)17-9-3-2-4-10-17/h2-5,7-10,13,18H,6,11-12H2,1H3,(H,19,20). The third kappa shape index (κ3) is 5.68. The van der Waals surface area contributed by atoms with E-state index in [1.807, 2.05) is 0 Å². The van der Waals surface area contributed by atoms with Gasteiger partial charge in [0.1, 0.15) is 5.75 Å². The first-order valence-electron chi connectivity index (χ1n) is 7.52. The lowest BCUT2D eigenvalue weighted by Gasteiger charge is -2.09. The van der Waals surface area contributed by atoms with E-state index < -0.39 is 10.0 Å². The van der Waals surface area contributed by atoms with Crippen LogP contribution in [0.5, 0.6) is 5.75 Å². The van der Waals surface area contributed by atoms with Crippen molar-refractivity contribution in [1.29, 1.82) is 0 Å². The van der Waals surface area contributed by atoms with Crippen LogP contribution in [0, 0.1) is 0 Å². The van der Waals surface area contributed by atoms with Gasteiger partial charge in [0.15, 0.2) is 0 Å². The number of rotatable bonds is 8. The Morgan fingerprint density at radius 2 is 1.83 bits per heavy atom. The van der Waals surface area contributed by atoms with Crippen molar-refractivity contribution < 1.29 is 17.9 Å². The second-order valence-corrected chi connectivity index (χ2v) is 6.89. The highest BCUT2D eigenvalue weighted by atomic mass is 32.2. The summed E-state index contributed by atoms with van der Waals surface area (Å²) < 4.78 is 32.1. The molecule has 0 heterocycles. The van der Waals surface area contributed by atoms with Crippen molar-refractivity contribution in [3.63, 3.8) is 0 Å². The quantitative estimate of drug-likeness (QED) is 0.718. The number of hydrogen-bond donors (Lipinski definition) is 2. The molecule has 0 fully saturated rings. The molecule has 0 unspecified atom stereocenters. The van der Waals surface area contributed by atoms with Crippen LogP contribution < -0.4 is 14.8 Å². The summed E-state index contributed by atoms with van der Waals surface area (Å²) in [7, 11) is -3.48. The number of carbonyl (C=O) groups is 1. The second-order valence-electron chi connectivity index (χ2n) is 5.12. The Kier molecular flexibility index (Phi) is 6.34. The molecule has 0 spiro atoms. The molecule has 0 bridgehead atoms. The molecule has 7 heteroatoms. The molecule has 6 nitrogen and oxygen atoms in total. The Labute approximate surface area is 141 Å². The van der Waals surface area contributed by atoms with Crippen LogP contribution in [-0.4, -0.2) is 27.5 Å². The molecule has 2 N–H and O–H groups in total. The molecule has 24 heavy (non-hydrogen) atoms. The van der Waals surface area contributed by atoms with Crippen molar-refractivity contribution in [3.8, 4) is 5.75 Å². The molecule has 0 saturated carbocycles. The second kappa shape index (κ2) is 8.47.